The number of rotatable bonds is 8. The molecule has 0 saturated heterocycles. The molecular weight excluding hydrogens is 334 g/mol. The van der Waals surface area contributed by atoms with Crippen LogP contribution >= 0.6 is 11.3 Å². The number of aryl methyl sites for hydroxylation is 2. The molecule has 5 nitrogen and oxygen atoms in total. The minimum Gasteiger partial charge on any atom is -0.329 e. The molecule has 0 fully saturated rings. The van der Waals surface area contributed by atoms with Crippen LogP contribution in [-0.2, 0) is 4.79 Å². The van der Waals surface area contributed by atoms with Crippen LogP contribution in [-0.4, -0.2) is 34.8 Å². The Bertz CT molecular complexity index is 710. The van der Waals surface area contributed by atoms with Crippen molar-refractivity contribution in [2.45, 2.75) is 40.0 Å². The normalized spacial score (nSPS) is 10.5. The number of nitrogens with zero attached hydrogens (tertiary/aromatic N) is 2. The fourth-order valence-corrected chi connectivity index (χ4v) is 3.11. The van der Waals surface area contributed by atoms with Gasteiger partial charge in [-0.05, 0) is 32.4 Å². The summed E-state index contributed by atoms with van der Waals surface area (Å²) in [6.07, 6.45) is 4.70. The van der Waals surface area contributed by atoms with E-state index in [-0.39, 0.29) is 18.4 Å². The Kier molecular flexibility index (Phi) is 7.13. The monoisotopic (exact) mass is 359 g/mol. The fraction of sp³-hybridized carbons (Fsp3) is 0.421. The minimum atomic E-state index is -0.216. The van der Waals surface area contributed by atoms with Gasteiger partial charge in [-0.15, -0.1) is 11.3 Å². The molecule has 134 valence electrons. The molecule has 0 aliphatic heterocycles. The van der Waals surface area contributed by atoms with Gasteiger partial charge in [0, 0.05) is 23.2 Å². The van der Waals surface area contributed by atoms with Gasteiger partial charge < -0.3 is 10.2 Å². The van der Waals surface area contributed by atoms with Crippen LogP contribution in [0.1, 0.15) is 47.0 Å². The Balaban J connectivity index is 2.04. The van der Waals surface area contributed by atoms with Gasteiger partial charge in [0.1, 0.15) is 6.54 Å². The number of amides is 2. The lowest BCUT2D eigenvalue weighted by Gasteiger charge is -2.22. The molecule has 1 heterocycles. The lowest BCUT2D eigenvalue weighted by atomic mass is 10.1. The molecule has 0 aliphatic rings. The zero-order chi connectivity index (χ0) is 18.2. The summed E-state index contributed by atoms with van der Waals surface area (Å²) in [4.78, 5) is 31.9. The Morgan fingerprint density at radius 3 is 2.48 bits per heavy atom. The van der Waals surface area contributed by atoms with Gasteiger partial charge in [0.2, 0.25) is 5.91 Å². The van der Waals surface area contributed by atoms with E-state index in [1.54, 1.807) is 11.1 Å². The second-order valence-corrected chi connectivity index (χ2v) is 7.36. The molecule has 0 spiro atoms. The maximum atomic E-state index is 12.8. The third kappa shape index (κ3) is 5.98. The molecule has 1 aromatic carbocycles. The van der Waals surface area contributed by atoms with Crippen LogP contribution in [0.5, 0.6) is 0 Å². The number of hydrogen-bond acceptors (Lipinski definition) is 4. The quantitative estimate of drug-likeness (QED) is 0.724. The standard InChI is InChI=1S/C19H25N3O2S/c1-4-5-6-11-22(18(24)16-9-7-14(2)8-10-16)13-17(23)21-19-20-12-15(3)25-19/h7-10,12H,4-6,11,13H2,1-3H3,(H,20,21,23). The Morgan fingerprint density at radius 2 is 1.88 bits per heavy atom. The summed E-state index contributed by atoms with van der Waals surface area (Å²) < 4.78 is 0. The molecule has 1 N–H and O–H groups in total. The molecule has 25 heavy (non-hydrogen) atoms. The number of unbranched alkanes of at least 4 members (excludes halogenated alkanes) is 2. The molecule has 0 atom stereocenters. The first-order chi connectivity index (χ1) is 12.0. The summed E-state index contributed by atoms with van der Waals surface area (Å²) in [6, 6.07) is 7.45. The second-order valence-electron chi connectivity index (χ2n) is 6.12. The van der Waals surface area contributed by atoms with E-state index in [9.17, 15) is 9.59 Å². The molecule has 0 unspecified atom stereocenters. The highest BCUT2D eigenvalue weighted by atomic mass is 32.1. The van der Waals surface area contributed by atoms with Crippen molar-refractivity contribution in [1.82, 2.24) is 9.88 Å². The van der Waals surface area contributed by atoms with Crippen LogP contribution in [0.15, 0.2) is 30.5 Å². The topological polar surface area (TPSA) is 62.3 Å². The van der Waals surface area contributed by atoms with E-state index in [2.05, 4.69) is 17.2 Å². The summed E-state index contributed by atoms with van der Waals surface area (Å²) >= 11 is 1.42. The van der Waals surface area contributed by atoms with E-state index >= 15 is 0 Å². The summed E-state index contributed by atoms with van der Waals surface area (Å²) in [6.45, 7) is 6.64. The largest absolute Gasteiger partial charge is 0.329 e. The summed E-state index contributed by atoms with van der Waals surface area (Å²) in [5.74, 6) is -0.326. The van der Waals surface area contributed by atoms with Crippen molar-refractivity contribution in [3.8, 4) is 0 Å². The number of benzene rings is 1. The van der Waals surface area contributed by atoms with Crippen molar-refractivity contribution in [3.63, 3.8) is 0 Å². The van der Waals surface area contributed by atoms with Crippen molar-refractivity contribution in [2.24, 2.45) is 0 Å². The molecule has 2 rings (SSSR count). The number of aromatic nitrogens is 1. The van der Waals surface area contributed by atoms with Gasteiger partial charge in [0.05, 0.1) is 0 Å². The predicted molar refractivity (Wildman–Crippen MR) is 102 cm³/mol. The van der Waals surface area contributed by atoms with E-state index in [1.165, 1.54) is 11.3 Å². The Labute approximate surface area is 153 Å². The van der Waals surface area contributed by atoms with E-state index in [0.717, 1.165) is 29.7 Å². The summed E-state index contributed by atoms with van der Waals surface area (Å²) in [5, 5.41) is 3.34. The zero-order valence-corrected chi connectivity index (χ0v) is 15.9. The lowest BCUT2D eigenvalue weighted by Crippen LogP contribution is -2.38. The molecule has 0 aliphatic carbocycles. The van der Waals surface area contributed by atoms with Gasteiger partial charge in [-0.25, -0.2) is 4.98 Å². The number of carbonyl (C=O) groups excluding carboxylic acids is 2. The summed E-state index contributed by atoms with van der Waals surface area (Å²) in [5.41, 5.74) is 1.71. The number of carbonyl (C=O) groups is 2. The van der Waals surface area contributed by atoms with Gasteiger partial charge in [0.25, 0.3) is 5.91 Å². The van der Waals surface area contributed by atoms with Crippen LogP contribution in [0.2, 0.25) is 0 Å². The smallest absolute Gasteiger partial charge is 0.254 e. The molecule has 2 aromatic rings. The first kappa shape index (κ1) is 19.1. The third-order valence-electron chi connectivity index (χ3n) is 3.82. The van der Waals surface area contributed by atoms with Gasteiger partial charge in [-0.3, -0.25) is 9.59 Å². The highest BCUT2D eigenvalue weighted by molar-refractivity contribution is 7.15. The van der Waals surface area contributed by atoms with Crippen molar-refractivity contribution < 1.29 is 9.59 Å². The third-order valence-corrected chi connectivity index (χ3v) is 4.65. The first-order valence-electron chi connectivity index (χ1n) is 8.58. The number of thiazole rings is 1. The fourth-order valence-electron chi connectivity index (χ4n) is 2.43. The molecule has 2 amide bonds. The van der Waals surface area contributed by atoms with Gasteiger partial charge >= 0.3 is 0 Å². The highest BCUT2D eigenvalue weighted by Gasteiger charge is 2.19. The predicted octanol–water partition coefficient (Wildman–Crippen LogP) is 4.03. The molecule has 0 radical (unpaired) electrons. The van der Waals surface area contributed by atoms with Crippen LogP contribution in [0, 0.1) is 13.8 Å². The number of hydrogen-bond donors (Lipinski definition) is 1. The van der Waals surface area contributed by atoms with Crippen LogP contribution < -0.4 is 5.32 Å². The minimum absolute atomic E-state index is 0.0368. The van der Waals surface area contributed by atoms with E-state index in [1.807, 2.05) is 38.1 Å². The molecule has 6 heteroatoms. The van der Waals surface area contributed by atoms with Crippen molar-refractivity contribution in [2.75, 3.05) is 18.4 Å². The van der Waals surface area contributed by atoms with E-state index < -0.39 is 0 Å². The summed E-state index contributed by atoms with van der Waals surface area (Å²) in [7, 11) is 0. The van der Waals surface area contributed by atoms with Crippen molar-refractivity contribution in [1.29, 1.82) is 0 Å². The molecular formula is C19H25N3O2S. The Hall–Kier alpha value is -2.21. The maximum absolute atomic E-state index is 12.8. The molecule has 0 bridgehead atoms. The van der Waals surface area contributed by atoms with Crippen LogP contribution in [0.25, 0.3) is 0 Å². The van der Waals surface area contributed by atoms with Gasteiger partial charge in [-0.1, -0.05) is 37.5 Å². The van der Waals surface area contributed by atoms with E-state index in [0.29, 0.717) is 17.2 Å². The Morgan fingerprint density at radius 1 is 1.16 bits per heavy atom. The first-order valence-corrected chi connectivity index (χ1v) is 9.39. The van der Waals surface area contributed by atoms with Crippen molar-refractivity contribution in [3.05, 3.63) is 46.5 Å². The average Bonchev–Trinajstić information content (AvgIpc) is 2.99. The number of nitrogens with one attached hydrogen (secondary N) is 1. The zero-order valence-electron chi connectivity index (χ0n) is 15.0. The van der Waals surface area contributed by atoms with Crippen LogP contribution in [0.3, 0.4) is 0 Å². The molecule has 0 saturated carbocycles. The highest BCUT2D eigenvalue weighted by Crippen LogP contribution is 2.16. The van der Waals surface area contributed by atoms with E-state index in [4.69, 9.17) is 0 Å². The lowest BCUT2D eigenvalue weighted by molar-refractivity contribution is -0.116. The van der Waals surface area contributed by atoms with Gasteiger partial charge in [-0.2, -0.15) is 0 Å². The number of anilines is 1. The van der Waals surface area contributed by atoms with Gasteiger partial charge in [0.15, 0.2) is 5.13 Å². The maximum Gasteiger partial charge on any atom is 0.254 e. The average molecular weight is 359 g/mol. The molecule has 1 aromatic heterocycles. The van der Waals surface area contributed by atoms with Crippen LogP contribution in [0.4, 0.5) is 5.13 Å². The second kappa shape index (κ2) is 9.32. The van der Waals surface area contributed by atoms with Crippen molar-refractivity contribution >= 4 is 28.3 Å². The SMILES string of the molecule is CCCCCN(CC(=O)Nc1ncc(C)s1)C(=O)c1ccc(C)cc1.